The third-order valence-electron chi connectivity index (χ3n) is 3.65. The molecule has 0 saturated carbocycles. The molecule has 3 aromatic rings. The summed E-state index contributed by atoms with van der Waals surface area (Å²) in [5.41, 5.74) is 1.65. The van der Waals surface area contributed by atoms with Gasteiger partial charge in [-0.25, -0.2) is 0 Å². The molecule has 0 fully saturated rings. The van der Waals surface area contributed by atoms with Crippen LogP contribution in [-0.2, 0) is 27.3 Å². The van der Waals surface area contributed by atoms with Crippen LogP contribution in [0.5, 0.6) is 0 Å². The lowest BCUT2D eigenvalue weighted by Crippen LogP contribution is -2.22. The van der Waals surface area contributed by atoms with E-state index in [-0.39, 0.29) is 18.9 Å². The molecule has 3 rings (SSSR count). The topological polar surface area (TPSA) is 60.7 Å². The molecule has 1 heterocycles. The van der Waals surface area contributed by atoms with E-state index in [9.17, 15) is 9.59 Å². The van der Waals surface area contributed by atoms with Crippen LogP contribution >= 0.6 is 38.9 Å². The lowest BCUT2D eigenvalue weighted by Gasteiger charge is -2.03. The van der Waals surface area contributed by atoms with E-state index in [1.165, 1.54) is 18.4 Å². The first-order chi connectivity index (χ1) is 12.5. The summed E-state index contributed by atoms with van der Waals surface area (Å²) in [6.07, 6.45) is 0.160. The molecule has 0 N–H and O–H groups in total. The minimum absolute atomic E-state index is 0.00874. The quantitative estimate of drug-likeness (QED) is 0.562. The van der Waals surface area contributed by atoms with Crippen LogP contribution in [0.15, 0.2) is 51.9 Å². The monoisotopic (exact) mass is 452 g/mol. The third-order valence-corrected chi connectivity index (χ3v) is 5.44. The van der Waals surface area contributed by atoms with Crippen molar-refractivity contribution in [1.29, 1.82) is 0 Å². The summed E-state index contributed by atoms with van der Waals surface area (Å²) in [4.78, 5) is 28.8. The van der Waals surface area contributed by atoms with Gasteiger partial charge in [-0.3, -0.25) is 9.59 Å². The molecule has 0 spiro atoms. The Labute approximate surface area is 167 Å². The third kappa shape index (κ3) is 4.41. The van der Waals surface area contributed by atoms with Crippen LogP contribution in [0, 0.1) is 0 Å². The number of amides is 1. The summed E-state index contributed by atoms with van der Waals surface area (Å²) >= 11 is 10.6. The van der Waals surface area contributed by atoms with Gasteiger partial charge in [0.1, 0.15) is 6.54 Å². The van der Waals surface area contributed by atoms with E-state index in [1.54, 1.807) is 28.8 Å². The number of thiazole rings is 1. The largest absolute Gasteiger partial charge is 0.468 e. The summed E-state index contributed by atoms with van der Waals surface area (Å²) in [6.45, 7) is -0.00874. The molecular weight excluding hydrogens is 440 g/mol. The predicted octanol–water partition coefficient (Wildman–Crippen LogP) is 3.96. The van der Waals surface area contributed by atoms with Crippen LogP contribution in [-0.4, -0.2) is 23.6 Å². The van der Waals surface area contributed by atoms with E-state index >= 15 is 0 Å². The lowest BCUT2D eigenvalue weighted by atomic mass is 10.1. The maximum Gasteiger partial charge on any atom is 0.325 e. The fourth-order valence-corrected chi connectivity index (χ4v) is 4.13. The lowest BCUT2D eigenvalue weighted by molar-refractivity contribution is -0.141. The molecule has 0 aliphatic carbocycles. The molecule has 0 bridgehead atoms. The van der Waals surface area contributed by atoms with E-state index in [2.05, 4.69) is 20.9 Å². The molecule has 1 amide bonds. The van der Waals surface area contributed by atoms with Crippen molar-refractivity contribution in [2.75, 3.05) is 7.11 Å². The molecule has 0 saturated heterocycles. The number of aromatic nitrogens is 1. The van der Waals surface area contributed by atoms with Crippen LogP contribution in [0.2, 0.25) is 5.02 Å². The average molecular weight is 454 g/mol. The zero-order valence-electron chi connectivity index (χ0n) is 13.7. The van der Waals surface area contributed by atoms with Crippen molar-refractivity contribution in [3.8, 4) is 0 Å². The minimum Gasteiger partial charge on any atom is -0.468 e. The van der Waals surface area contributed by atoms with Crippen molar-refractivity contribution in [2.45, 2.75) is 13.0 Å². The van der Waals surface area contributed by atoms with Gasteiger partial charge in [-0.1, -0.05) is 51.0 Å². The summed E-state index contributed by atoms with van der Waals surface area (Å²) < 4.78 is 8.28. The van der Waals surface area contributed by atoms with Crippen LogP contribution in [0.25, 0.3) is 10.2 Å². The molecule has 0 aliphatic rings. The Morgan fingerprint density at radius 3 is 2.65 bits per heavy atom. The maximum absolute atomic E-state index is 12.4. The Bertz CT molecular complexity index is 1040. The van der Waals surface area contributed by atoms with Crippen molar-refractivity contribution in [2.24, 2.45) is 4.99 Å². The van der Waals surface area contributed by atoms with Gasteiger partial charge < -0.3 is 9.30 Å². The van der Waals surface area contributed by atoms with Crippen molar-refractivity contribution in [3.63, 3.8) is 0 Å². The van der Waals surface area contributed by atoms with E-state index in [4.69, 9.17) is 16.3 Å². The number of hydrogen-bond donors (Lipinski definition) is 0. The smallest absolute Gasteiger partial charge is 0.325 e. The Kier molecular flexibility index (Phi) is 5.90. The summed E-state index contributed by atoms with van der Waals surface area (Å²) in [7, 11) is 1.33. The van der Waals surface area contributed by atoms with Crippen LogP contribution in [0.4, 0.5) is 0 Å². The van der Waals surface area contributed by atoms with Gasteiger partial charge in [0.25, 0.3) is 5.91 Å². The van der Waals surface area contributed by atoms with E-state index in [0.717, 1.165) is 20.3 Å². The van der Waals surface area contributed by atoms with Gasteiger partial charge in [-0.2, -0.15) is 4.99 Å². The molecule has 0 aliphatic heterocycles. The fraction of sp³-hybridized carbons (Fsp3) is 0.167. The van der Waals surface area contributed by atoms with Gasteiger partial charge in [0, 0.05) is 9.50 Å². The number of ether oxygens (including phenoxy) is 1. The number of halogens is 2. The molecule has 134 valence electrons. The van der Waals surface area contributed by atoms with Crippen LogP contribution in [0.1, 0.15) is 5.56 Å². The molecular formula is C18H14BrClN2O3S. The highest BCUT2D eigenvalue weighted by Crippen LogP contribution is 2.22. The predicted molar refractivity (Wildman–Crippen MR) is 105 cm³/mol. The van der Waals surface area contributed by atoms with Crippen molar-refractivity contribution in [1.82, 2.24) is 4.57 Å². The second-order valence-corrected chi connectivity index (χ2v) is 7.83. The molecule has 5 nitrogen and oxygen atoms in total. The Morgan fingerprint density at radius 2 is 1.96 bits per heavy atom. The highest BCUT2D eigenvalue weighted by molar-refractivity contribution is 9.10. The highest BCUT2D eigenvalue weighted by Gasteiger charge is 2.12. The number of benzene rings is 2. The first-order valence-corrected chi connectivity index (χ1v) is 9.63. The van der Waals surface area contributed by atoms with Gasteiger partial charge in [-0.05, 0) is 35.9 Å². The van der Waals surface area contributed by atoms with Gasteiger partial charge in [0.05, 0.1) is 23.7 Å². The zero-order chi connectivity index (χ0) is 18.7. The SMILES string of the molecule is COC(=O)Cn1c(=NC(=O)Cc2ccc(Cl)cc2)sc2cc(Br)ccc21. The normalized spacial score (nSPS) is 11.7. The Hall–Kier alpha value is -1.96. The van der Waals surface area contributed by atoms with Gasteiger partial charge in [0.2, 0.25) is 0 Å². The van der Waals surface area contributed by atoms with Crippen LogP contribution in [0.3, 0.4) is 0 Å². The molecule has 8 heteroatoms. The van der Waals surface area contributed by atoms with Crippen molar-refractivity contribution < 1.29 is 14.3 Å². The molecule has 0 radical (unpaired) electrons. The number of rotatable bonds is 4. The maximum atomic E-state index is 12.4. The second-order valence-electron chi connectivity index (χ2n) is 5.47. The fourth-order valence-electron chi connectivity index (χ4n) is 2.40. The number of nitrogens with zero attached hydrogens (tertiary/aromatic N) is 2. The number of carbonyl (C=O) groups is 2. The van der Waals surface area contributed by atoms with E-state index in [0.29, 0.717) is 9.82 Å². The van der Waals surface area contributed by atoms with E-state index in [1.807, 2.05) is 18.2 Å². The van der Waals surface area contributed by atoms with Crippen LogP contribution < -0.4 is 4.80 Å². The first-order valence-electron chi connectivity index (χ1n) is 7.64. The Balaban J connectivity index is 2.00. The number of fused-ring (bicyclic) bond motifs is 1. The summed E-state index contributed by atoms with van der Waals surface area (Å²) in [5, 5.41) is 0.615. The number of hydrogen-bond acceptors (Lipinski definition) is 4. The molecule has 26 heavy (non-hydrogen) atoms. The standard InChI is InChI=1S/C18H14BrClN2O3S/c1-25-17(24)10-22-14-7-4-12(19)9-15(14)26-18(22)21-16(23)8-11-2-5-13(20)6-3-11/h2-7,9H,8,10H2,1H3. The number of esters is 1. The van der Waals surface area contributed by atoms with Crippen molar-refractivity contribution >= 4 is 61.0 Å². The highest BCUT2D eigenvalue weighted by atomic mass is 79.9. The number of methoxy groups -OCH3 is 1. The number of carbonyl (C=O) groups excluding carboxylic acids is 2. The molecule has 0 atom stereocenters. The summed E-state index contributed by atoms with van der Waals surface area (Å²) in [6, 6.07) is 12.7. The van der Waals surface area contributed by atoms with Gasteiger partial charge >= 0.3 is 5.97 Å². The average Bonchev–Trinajstić information content (AvgIpc) is 2.93. The first kappa shape index (κ1) is 18.8. The minimum atomic E-state index is -0.404. The van der Waals surface area contributed by atoms with E-state index < -0.39 is 5.97 Å². The molecule has 0 unspecified atom stereocenters. The Morgan fingerprint density at radius 1 is 1.23 bits per heavy atom. The molecule has 2 aromatic carbocycles. The molecule has 1 aromatic heterocycles. The van der Waals surface area contributed by atoms with Crippen molar-refractivity contribution in [3.05, 3.63) is 62.3 Å². The van der Waals surface area contributed by atoms with Gasteiger partial charge in [0.15, 0.2) is 4.80 Å². The van der Waals surface area contributed by atoms with Gasteiger partial charge in [-0.15, -0.1) is 0 Å². The zero-order valence-corrected chi connectivity index (χ0v) is 16.9. The summed E-state index contributed by atoms with van der Waals surface area (Å²) in [5.74, 6) is -0.698. The second kappa shape index (κ2) is 8.16.